The summed E-state index contributed by atoms with van der Waals surface area (Å²) in [4.78, 5) is 4.11. The Balaban J connectivity index is 2.05. The van der Waals surface area contributed by atoms with Crippen molar-refractivity contribution in [2.24, 2.45) is 0 Å². The minimum absolute atomic E-state index is 0.0947. The maximum absolute atomic E-state index is 14.1. The van der Waals surface area contributed by atoms with E-state index in [1.165, 1.54) is 6.92 Å². The molecule has 0 aliphatic rings. The molecule has 1 unspecified atom stereocenters. The first-order valence-electron chi connectivity index (χ1n) is 9.65. The van der Waals surface area contributed by atoms with Gasteiger partial charge in [0.1, 0.15) is 18.5 Å². The van der Waals surface area contributed by atoms with Crippen molar-refractivity contribution in [2.45, 2.75) is 44.8 Å². The monoisotopic (exact) mass is 482 g/mol. The van der Waals surface area contributed by atoms with Gasteiger partial charge in [-0.05, 0) is 44.9 Å². The lowest BCUT2D eigenvalue weighted by Crippen LogP contribution is -2.36. The van der Waals surface area contributed by atoms with E-state index in [0.717, 1.165) is 26.8 Å². The SMILES string of the molecule is Cc1ccc(COc2cc(Cl)c(C)cc2N(CC(C)F)S(=O)(=O)c2nc(C)cs2)cc1. The van der Waals surface area contributed by atoms with Crippen LogP contribution >= 0.6 is 22.9 Å². The third kappa shape index (κ3) is 5.56. The van der Waals surface area contributed by atoms with Crippen molar-refractivity contribution in [2.75, 3.05) is 10.8 Å². The van der Waals surface area contributed by atoms with Crippen LogP contribution in [0.2, 0.25) is 5.02 Å². The van der Waals surface area contributed by atoms with Crippen molar-refractivity contribution < 1.29 is 17.5 Å². The van der Waals surface area contributed by atoms with Crippen molar-refractivity contribution in [1.82, 2.24) is 4.98 Å². The van der Waals surface area contributed by atoms with Crippen LogP contribution in [0.3, 0.4) is 0 Å². The molecular formula is C22H24ClFN2O3S2. The first kappa shape index (κ1) is 23.5. The van der Waals surface area contributed by atoms with E-state index >= 15 is 0 Å². The highest BCUT2D eigenvalue weighted by molar-refractivity contribution is 7.94. The second-order valence-electron chi connectivity index (χ2n) is 7.42. The molecule has 2 aromatic carbocycles. The summed E-state index contributed by atoms with van der Waals surface area (Å²) in [5, 5.41) is 2.07. The molecule has 0 N–H and O–H groups in total. The lowest BCUT2D eigenvalue weighted by molar-refractivity contribution is 0.306. The Hall–Kier alpha value is -2.16. The molecule has 0 amide bonds. The summed E-state index contributed by atoms with van der Waals surface area (Å²) in [6.07, 6.45) is -1.41. The Kier molecular flexibility index (Phi) is 7.24. The predicted molar refractivity (Wildman–Crippen MR) is 124 cm³/mol. The molecular weight excluding hydrogens is 459 g/mol. The molecule has 0 fully saturated rings. The molecule has 9 heteroatoms. The van der Waals surface area contributed by atoms with Crippen LogP contribution in [0.1, 0.15) is 29.3 Å². The Morgan fingerprint density at radius 1 is 1.19 bits per heavy atom. The van der Waals surface area contributed by atoms with Gasteiger partial charge in [-0.1, -0.05) is 41.4 Å². The average molecular weight is 483 g/mol. The molecule has 0 radical (unpaired) electrons. The highest BCUT2D eigenvalue weighted by Gasteiger charge is 2.32. The van der Waals surface area contributed by atoms with Crippen molar-refractivity contribution >= 4 is 38.6 Å². The smallest absolute Gasteiger partial charge is 0.291 e. The van der Waals surface area contributed by atoms with Crippen molar-refractivity contribution in [1.29, 1.82) is 0 Å². The van der Waals surface area contributed by atoms with Crippen molar-refractivity contribution in [3.05, 3.63) is 69.2 Å². The van der Waals surface area contributed by atoms with Crippen LogP contribution in [0.15, 0.2) is 46.1 Å². The number of ether oxygens (including phenoxy) is 1. The summed E-state index contributed by atoms with van der Waals surface area (Å²) in [5.74, 6) is 0.258. The van der Waals surface area contributed by atoms with Crippen LogP contribution in [-0.4, -0.2) is 26.1 Å². The van der Waals surface area contributed by atoms with Crippen LogP contribution in [0.25, 0.3) is 0 Å². The summed E-state index contributed by atoms with van der Waals surface area (Å²) in [6.45, 7) is 6.60. The minimum Gasteiger partial charge on any atom is -0.487 e. The zero-order valence-corrected chi connectivity index (χ0v) is 20.1. The summed E-state index contributed by atoms with van der Waals surface area (Å²) >= 11 is 7.30. The third-order valence-corrected chi connectivity index (χ3v) is 8.09. The molecule has 0 saturated carbocycles. The number of halogens is 2. The van der Waals surface area contributed by atoms with Crippen LogP contribution in [0.4, 0.5) is 10.1 Å². The van der Waals surface area contributed by atoms with Gasteiger partial charge in [0.25, 0.3) is 10.0 Å². The molecule has 166 valence electrons. The number of thiazole rings is 1. The molecule has 1 aromatic heterocycles. The fourth-order valence-electron chi connectivity index (χ4n) is 2.90. The van der Waals surface area contributed by atoms with Crippen molar-refractivity contribution in [3.8, 4) is 5.75 Å². The topological polar surface area (TPSA) is 59.5 Å². The van der Waals surface area contributed by atoms with Gasteiger partial charge in [0.15, 0.2) is 0 Å². The number of aryl methyl sites for hydroxylation is 3. The van der Waals surface area contributed by atoms with Gasteiger partial charge in [0, 0.05) is 22.2 Å². The molecule has 0 aliphatic heterocycles. The molecule has 0 bridgehead atoms. The highest BCUT2D eigenvalue weighted by atomic mass is 35.5. The minimum atomic E-state index is -4.09. The van der Waals surface area contributed by atoms with E-state index < -0.39 is 16.2 Å². The molecule has 0 saturated heterocycles. The van der Waals surface area contributed by atoms with E-state index in [2.05, 4.69) is 4.98 Å². The highest BCUT2D eigenvalue weighted by Crippen LogP contribution is 2.38. The van der Waals surface area contributed by atoms with Crippen LogP contribution in [0.5, 0.6) is 5.75 Å². The van der Waals surface area contributed by atoms with E-state index in [1.807, 2.05) is 31.2 Å². The van der Waals surface area contributed by atoms with Gasteiger partial charge >= 0.3 is 0 Å². The molecule has 0 spiro atoms. The Labute approximate surface area is 191 Å². The predicted octanol–water partition coefficient (Wildman–Crippen LogP) is 5.85. The molecule has 0 aliphatic carbocycles. The Bertz CT molecular complexity index is 1160. The summed E-state index contributed by atoms with van der Waals surface area (Å²) in [5.41, 5.74) is 3.50. The van der Waals surface area contributed by atoms with E-state index in [9.17, 15) is 12.8 Å². The molecule has 31 heavy (non-hydrogen) atoms. The van der Waals surface area contributed by atoms with Crippen molar-refractivity contribution in [3.63, 3.8) is 0 Å². The number of hydrogen-bond acceptors (Lipinski definition) is 5. The number of anilines is 1. The largest absolute Gasteiger partial charge is 0.487 e. The van der Waals surface area contributed by atoms with E-state index in [1.54, 1.807) is 31.4 Å². The molecule has 3 rings (SSSR count). The zero-order valence-electron chi connectivity index (χ0n) is 17.7. The van der Waals surface area contributed by atoms with E-state index in [0.29, 0.717) is 16.3 Å². The van der Waals surface area contributed by atoms with E-state index in [4.69, 9.17) is 16.3 Å². The Morgan fingerprint density at radius 2 is 1.87 bits per heavy atom. The lowest BCUT2D eigenvalue weighted by Gasteiger charge is -2.26. The average Bonchev–Trinajstić information content (AvgIpc) is 3.15. The van der Waals surface area contributed by atoms with Crippen LogP contribution in [0, 0.1) is 20.8 Å². The first-order valence-corrected chi connectivity index (χ1v) is 12.3. The second kappa shape index (κ2) is 9.54. The Morgan fingerprint density at radius 3 is 2.45 bits per heavy atom. The summed E-state index contributed by atoms with van der Waals surface area (Å²) in [7, 11) is -4.09. The molecule has 3 aromatic rings. The zero-order chi connectivity index (χ0) is 22.8. The fraction of sp³-hybridized carbons (Fsp3) is 0.318. The normalized spacial score (nSPS) is 12.6. The number of sulfonamides is 1. The number of alkyl halides is 1. The third-order valence-electron chi connectivity index (χ3n) is 4.55. The maximum Gasteiger partial charge on any atom is 0.291 e. The van der Waals surface area contributed by atoms with Gasteiger partial charge in [-0.2, -0.15) is 8.42 Å². The number of rotatable bonds is 8. The van der Waals surface area contributed by atoms with Gasteiger partial charge in [-0.3, -0.25) is 4.31 Å². The quantitative estimate of drug-likeness (QED) is 0.404. The maximum atomic E-state index is 14.1. The number of nitrogens with zero attached hydrogens (tertiary/aromatic N) is 2. The standard InChI is InChI=1S/C22H24ClFN2O3S2/c1-14-5-7-18(8-6-14)12-29-21-10-19(23)15(2)9-20(21)26(11-16(3)24)31(27,28)22-25-17(4)13-30-22/h5-10,13,16H,11-12H2,1-4H3. The first-order chi connectivity index (χ1) is 14.6. The fourth-order valence-corrected chi connectivity index (χ4v) is 5.73. The molecule has 1 heterocycles. The summed E-state index contributed by atoms with van der Waals surface area (Å²) in [6, 6.07) is 11.0. The number of hydrogen-bond donors (Lipinski definition) is 0. The van der Waals surface area contributed by atoms with Gasteiger partial charge < -0.3 is 4.74 Å². The van der Waals surface area contributed by atoms with Gasteiger partial charge in [-0.25, -0.2) is 9.37 Å². The van der Waals surface area contributed by atoms with Gasteiger partial charge in [0.05, 0.1) is 12.2 Å². The van der Waals surface area contributed by atoms with Gasteiger partial charge in [-0.15, -0.1) is 11.3 Å². The van der Waals surface area contributed by atoms with Crippen LogP contribution < -0.4 is 9.04 Å². The number of aromatic nitrogens is 1. The molecule has 5 nitrogen and oxygen atoms in total. The van der Waals surface area contributed by atoms with Gasteiger partial charge in [0.2, 0.25) is 4.34 Å². The van der Waals surface area contributed by atoms with E-state index in [-0.39, 0.29) is 28.9 Å². The lowest BCUT2D eigenvalue weighted by atomic mass is 10.1. The number of benzene rings is 2. The summed E-state index contributed by atoms with van der Waals surface area (Å²) < 4.78 is 47.7. The van der Waals surface area contributed by atoms with Crippen LogP contribution in [-0.2, 0) is 16.6 Å². The second-order valence-corrected chi connectivity index (χ2v) is 10.7. The molecule has 1 atom stereocenters.